The van der Waals surface area contributed by atoms with Gasteiger partial charge in [0.15, 0.2) is 11.6 Å². The highest BCUT2D eigenvalue weighted by molar-refractivity contribution is 7.14. The molecule has 126 valence electrons. The average Bonchev–Trinajstić information content (AvgIpc) is 3.28. The molecule has 2 aromatic rings. The summed E-state index contributed by atoms with van der Waals surface area (Å²) in [5, 5.41) is 1.00. The van der Waals surface area contributed by atoms with E-state index in [-0.39, 0.29) is 5.91 Å². The van der Waals surface area contributed by atoms with E-state index in [1.165, 1.54) is 30.2 Å². The molecule has 0 radical (unpaired) electrons. The van der Waals surface area contributed by atoms with Crippen LogP contribution < -0.4 is 4.90 Å². The van der Waals surface area contributed by atoms with E-state index in [2.05, 4.69) is 4.98 Å². The largest absolute Gasteiger partial charge is 0.307 e. The van der Waals surface area contributed by atoms with Crippen LogP contribution in [0.15, 0.2) is 12.1 Å². The number of hydrogen-bond donors (Lipinski definition) is 0. The van der Waals surface area contributed by atoms with Gasteiger partial charge in [-0.25, -0.2) is 13.8 Å². The summed E-state index contributed by atoms with van der Waals surface area (Å²) >= 11 is 1.44. The lowest BCUT2D eigenvalue weighted by Crippen LogP contribution is -2.35. The molecule has 2 aliphatic rings. The van der Waals surface area contributed by atoms with Crippen LogP contribution in [0.2, 0.25) is 0 Å². The molecular weight excluding hydrogens is 330 g/mol. The van der Waals surface area contributed by atoms with E-state index < -0.39 is 11.6 Å². The van der Waals surface area contributed by atoms with Crippen LogP contribution in [-0.4, -0.2) is 17.4 Å². The molecule has 1 aliphatic heterocycles. The number of anilines is 1. The van der Waals surface area contributed by atoms with Gasteiger partial charge in [0.1, 0.15) is 4.88 Å². The topological polar surface area (TPSA) is 33.2 Å². The van der Waals surface area contributed by atoms with Crippen molar-refractivity contribution in [3.63, 3.8) is 0 Å². The van der Waals surface area contributed by atoms with Crippen LogP contribution >= 0.6 is 11.3 Å². The van der Waals surface area contributed by atoms with Crippen LogP contribution in [0.1, 0.15) is 45.2 Å². The molecule has 1 aromatic carbocycles. The van der Waals surface area contributed by atoms with Crippen LogP contribution in [0, 0.1) is 24.5 Å². The highest BCUT2D eigenvalue weighted by atomic mass is 32.1. The van der Waals surface area contributed by atoms with Crippen molar-refractivity contribution in [3.8, 4) is 0 Å². The smallest absolute Gasteiger partial charge is 0.270 e. The Morgan fingerprint density at radius 3 is 2.83 bits per heavy atom. The van der Waals surface area contributed by atoms with Crippen LogP contribution in [0.5, 0.6) is 0 Å². The first-order valence-corrected chi connectivity index (χ1v) is 9.10. The molecule has 24 heavy (non-hydrogen) atoms. The van der Waals surface area contributed by atoms with E-state index in [0.29, 0.717) is 35.0 Å². The fourth-order valence-corrected chi connectivity index (χ4v) is 4.35. The van der Waals surface area contributed by atoms with E-state index in [0.717, 1.165) is 29.6 Å². The predicted octanol–water partition coefficient (Wildman–Crippen LogP) is 4.28. The molecule has 6 heteroatoms. The van der Waals surface area contributed by atoms with Crippen molar-refractivity contribution in [1.29, 1.82) is 0 Å². The number of halogens is 2. The fraction of sp³-hybridized carbons (Fsp3) is 0.444. The zero-order chi connectivity index (χ0) is 16.8. The summed E-state index contributed by atoms with van der Waals surface area (Å²) < 4.78 is 27.1. The van der Waals surface area contributed by atoms with Crippen molar-refractivity contribution in [2.24, 2.45) is 5.92 Å². The second-order valence-electron chi connectivity index (χ2n) is 6.63. The van der Waals surface area contributed by atoms with Crippen LogP contribution in [0.25, 0.3) is 0 Å². The maximum atomic E-state index is 13.7. The maximum Gasteiger partial charge on any atom is 0.270 e. The van der Waals surface area contributed by atoms with Gasteiger partial charge >= 0.3 is 0 Å². The molecule has 0 N–H and O–H groups in total. The SMILES string of the molecule is Cc1nc(CC2CC2)sc1C(=O)N1CCCc2cc(F)c(F)cc21. The number of carbonyl (C=O) groups is 1. The third-order valence-corrected chi connectivity index (χ3v) is 5.85. The molecular formula is C18H18F2N2OS. The van der Waals surface area contributed by atoms with Crippen molar-refractivity contribution < 1.29 is 13.6 Å². The quantitative estimate of drug-likeness (QED) is 0.830. The number of nitrogens with zero attached hydrogens (tertiary/aromatic N) is 2. The van der Waals surface area contributed by atoms with Crippen LogP contribution in [-0.2, 0) is 12.8 Å². The van der Waals surface area contributed by atoms with E-state index >= 15 is 0 Å². The summed E-state index contributed by atoms with van der Waals surface area (Å²) in [5.41, 5.74) is 1.91. The standard InChI is InChI=1S/C18H18F2N2OS/c1-10-17(24-16(21-10)7-11-4-5-11)18(23)22-6-2-3-12-8-13(19)14(20)9-15(12)22/h8-9,11H,2-7H2,1H3. The van der Waals surface area contributed by atoms with E-state index in [9.17, 15) is 13.6 Å². The monoisotopic (exact) mass is 348 g/mol. The molecule has 4 rings (SSSR count). The van der Waals surface area contributed by atoms with E-state index in [1.54, 1.807) is 4.90 Å². The highest BCUT2D eigenvalue weighted by Crippen LogP contribution is 2.36. The van der Waals surface area contributed by atoms with E-state index in [4.69, 9.17) is 0 Å². The number of hydrogen-bond acceptors (Lipinski definition) is 3. The normalized spacial score (nSPS) is 17.0. The number of aromatic nitrogens is 1. The number of carbonyl (C=O) groups excluding carboxylic acids is 1. The van der Waals surface area contributed by atoms with Crippen molar-refractivity contribution in [2.45, 2.75) is 39.0 Å². The van der Waals surface area contributed by atoms with Gasteiger partial charge < -0.3 is 4.90 Å². The molecule has 3 nitrogen and oxygen atoms in total. The molecule has 1 saturated carbocycles. The number of thiazole rings is 1. The summed E-state index contributed by atoms with van der Waals surface area (Å²) in [7, 11) is 0. The Morgan fingerprint density at radius 2 is 2.08 bits per heavy atom. The Hall–Kier alpha value is -1.82. The first-order chi connectivity index (χ1) is 11.5. The lowest BCUT2D eigenvalue weighted by molar-refractivity contribution is 0.0988. The second-order valence-corrected chi connectivity index (χ2v) is 7.71. The second kappa shape index (κ2) is 5.92. The van der Waals surface area contributed by atoms with Crippen molar-refractivity contribution in [2.75, 3.05) is 11.4 Å². The molecule has 0 bridgehead atoms. The van der Waals surface area contributed by atoms with Gasteiger partial charge in [-0.15, -0.1) is 11.3 Å². The van der Waals surface area contributed by atoms with Crippen LogP contribution in [0.3, 0.4) is 0 Å². The zero-order valence-electron chi connectivity index (χ0n) is 13.4. The van der Waals surface area contributed by atoms with Crippen LogP contribution in [0.4, 0.5) is 14.5 Å². The third-order valence-electron chi connectivity index (χ3n) is 4.68. The number of amides is 1. The lowest BCUT2D eigenvalue weighted by Gasteiger charge is -2.29. The molecule has 2 heterocycles. The molecule has 1 fully saturated rings. The molecule has 0 spiro atoms. The van der Waals surface area contributed by atoms with Gasteiger partial charge in [0.25, 0.3) is 5.91 Å². The Labute approximate surface area is 143 Å². The molecule has 0 unspecified atom stereocenters. The third kappa shape index (κ3) is 2.83. The minimum absolute atomic E-state index is 0.154. The summed E-state index contributed by atoms with van der Waals surface area (Å²) in [5.74, 6) is -1.21. The molecule has 0 atom stereocenters. The first kappa shape index (κ1) is 15.7. The van der Waals surface area contributed by atoms with Gasteiger partial charge in [0, 0.05) is 19.0 Å². The van der Waals surface area contributed by atoms with Gasteiger partial charge in [0.2, 0.25) is 0 Å². The molecule has 1 amide bonds. The first-order valence-electron chi connectivity index (χ1n) is 8.29. The highest BCUT2D eigenvalue weighted by Gasteiger charge is 2.29. The van der Waals surface area contributed by atoms with E-state index in [1.807, 2.05) is 6.92 Å². The summed E-state index contributed by atoms with van der Waals surface area (Å²) in [4.78, 5) is 19.7. The Kier molecular flexibility index (Phi) is 3.87. The van der Waals surface area contributed by atoms with Crippen molar-refractivity contribution in [3.05, 3.63) is 44.9 Å². The van der Waals surface area contributed by atoms with Gasteiger partial charge in [-0.3, -0.25) is 4.79 Å². The van der Waals surface area contributed by atoms with Gasteiger partial charge in [-0.05, 0) is 50.2 Å². The zero-order valence-corrected chi connectivity index (χ0v) is 14.3. The lowest BCUT2D eigenvalue weighted by atomic mass is 10.0. The fourth-order valence-electron chi connectivity index (χ4n) is 3.22. The Bertz CT molecular complexity index is 814. The summed E-state index contributed by atoms with van der Waals surface area (Å²) in [6.45, 7) is 2.36. The minimum atomic E-state index is -0.913. The number of fused-ring (bicyclic) bond motifs is 1. The van der Waals surface area contributed by atoms with Crippen molar-refractivity contribution in [1.82, 2.24) is 4.98 Å². The number of rotatable bonds is 3. The van der Waals surface area contributed by atoms with Gasteiger partial charge in [0.05, 0.1) is 16.4 Å². The molecule has 1 aliphatic carbocycles. The summed E-state index contributed by atoms with van der Waals surface area (Å²) in [6.07, 6.45) is 4.83. The van der Waals surface area contributed by atoms with Crippen molar-refractivity contribution >= 4 is 22.9 Å². The van der Waals surface area contributed by atoms with Gasteiger partial charge in [-0.1, -0.05) is 0 Å². The minimum Gasteiger partial charge on any atom is -0.307 e. The Balaban J connectivity index is 1.66. The number of benzene rings is 1. The summed E-state index contributed by atoms with van der Waals surface area (Å²) in [6, 6.07) is 2.35. The van der Waals surface area contributed by atoms with Gasteiger partial charge in [-0.2, -0.15) is 0 Å². The number of aryl methyl sites for hydroxylation is 2. The predicted molar refractivity (Wildman–Crippen MR) is 89.6 cm³/mol. The Morgan fingerprint density at radius 1 is 1.33 bits per heavy atom. The molecule has 0 saturated heterocycles. The maximum absolute atomic E-state index is 13.7. The molecule has 1 aromatic heterocycles. The average molecular weight is 348 g/mol.